The standard InChI is InChI=1S/C23H29N2O2Si.C21H24Br2N2O2.ClH/c1-28(2)22-16-20(24-7-11-26-12-8-24)5-3-18(22)15-19-4-6-21(17-23(19)28)25-9-13-27-14-10-25;22-20-14-18(24-5-9-26-10-6-24)3-1-16(20)13-17-2-4-19(15-21(17)23)25-7-11-27-12-8-25;/h3-6,15-17H,7-14H2,1-2H3;1-4,14-15H,5-13H2;1H/q+1;;/p-1. The van der Waals surface area contributed by atoms with E-state index >= 15 is 0 Å². The first-order valence-corrected chi connectivity index (χ1v) is 24.4. The third kappa shape index (κ3) is 9.42. The van der Waals surface area contributed by atoms with Gasteiger partial charge in [0.15, 0.2) is 18.8 Å². The minimum atomic E-state index is -1.77. The largest absolute Gasteiger partial charge is 1.00 e. The smallest absolute Gasteiger partial charge is 0.199 e. The van der Waals surface area contributed by atoms with Crippen molar-refractivity contribution < 1.29 is 35.9 Å². The number of fused-ring (bicyclic) bond motifs is 2. The minimum absolute atomic E-state index is 0. The summed E-state index contributed by atoms with van der Waals surface area (Å²) < 4.78 is 26.8. The molecule has 3 aromatic carbocycles. The zero-order valence-electron chi connectivity index (χ0n) is 32.6. The van der Waals surface area contributed by atoms with Crippen LogP contribution in [-0.2, 0) is 25.4 Å². The van der Waals surface area contributed by atoms with Crippen LogP contribution in [0.4, 0.5) is 17.1 Å². The van der Waals surface area contributed by atoms with Gasteiger partial charge in [0, 0.05) is 77.4 Å². The van der Waals surface area contributed by atoms with E-state index in [-0.39, 0.29) is 12.4 Å². The van der Waals surface area contributed by atoms with Crippen LogP contribution in [0.15, 0.2) is 92.5 Å². The Morgan fingerprint density at radius 2 is 1.05 bits per heavy atom. The van der Waals surface area contributed by atoms with Crippen molar-refractivity contribution in [2.75, 3.05) is 120 Å². The van der Waals surface area contributed by atoms with Gasteiger partial charge in [-0.3, -0.25) is 0 Å². The Kier molecular flexibility index (Phi) is 14.0. The van der Waals surface area contributed by atoms with E-state index in [0.717, 1.165) is 121 Å². The van der Waals surface area contributed by atoms with E-state index in [2.05, 4.69) is 143 Å². The van der Waals surface area contributed by atoms with Crippen molar-refractivity contribution in [2.45, 2.75) is 19.5 Å². The lowest BCUT2D eigenvalue weighted by Crippen LogP contribution is -3.00. The van der Waals surface area contributed by atoms with Crippen LogP contribution in [0.1, 0.15) is 16.7 Å². The fourth-order valence-electron chi connectivity index (χ4n) is 8.37. The second-order valence-electron chi connectivity index (χ2n) is 15.4. The zero-order chi connectivity index (χ0) is 37.8. The normalized spacial score (nSPS) is 20.5. The van der Waals surface area contributed by atoms with E-state index in [1.807, 2.05) is 0 Å². The molecule has 0 saturated carbocycles. The Bertz CT molecular complexity index is 1930. The molecule has 0 atom stereocenters. The van der Waals surface area contributed by atoms with E-state index < -0.39 is 8.07 Å². The van der Waals surface area contributed by atoms with Gasteiger partial charge in [0.05, 0.1) is 39.6 Å². The first-order valence-electron chi connectivity index (χ1n) is 19.8. The molecule has 5 aliphatic heterocycles. The molecule has 0 spiro atoms. The van der Waals surface area contributed by atoms with Crippen molar-refractivity contribution in [1.29, 1.82) is 0 Å². The number of nitrogens with zero attached hydrogens (tertiary/aromatic N) is 4. The number of hydrogen-bond acceptors (Lipinski definition) is 7. The molecule has 5 heterocycles. The van der Waals surface area contributed by atoms with Crippen LogP contribution in [0.25, 0.3) is 6.08 Å². The molecule has 0 unspecified atom stereocenters. The summed E-state index contributed by atoms with van der Waals surface area (Å²) in [6, 6.07) is 20.5. The topological polar surface area (TPSA) is 49.7 Å². The summed E-state index contributed by atoms with van der Waals surface area (Å²) in [7, 11) is -1.77. The molecule has 12 heteroatoms. The van der Waals surface area contributed by atoms with Crippen LogP contribution in [0.2, 0.25) is 13.1 Å². The maximum atomic E-state index is 5.54. The number of halogens is 3. The van der Waals surface area contributed by atoms with Gasteiger partial charge < -0.3 is 46.1 Å². The lowest BCUT2D eigenvalue weighted by atomic mass is 10.0. The highest BCUT2D eigenvalue weighted by atomic mass is 79.9. The molecule has 0 bridgehead atoms. The molecular weight excluding hydrogens is 872 g/mol. The number of ether oxygens (including phenoxy) is 4. The average Bonchev–Trinajstić information content (AvgIpc) is 3.23. The van der Waals surface area contributed by atoms with Crippen LogP contribution in [0.5, 0.6) is 0 Å². The summed E-state index contributed by atoms with van der Waals surface area (Å²) in [5.74, 6) is 0. The predicted octanol–water partition coefficient (Wildman–Crippen LogP) is 3.83. The van der Waals surface area contributed by atoms with Crippen molar-refractivity contribution in [1.82, 2.24) is 0 Å². The number of allylic oxidation sites excluding steroid dienone is 5. The molecule has 6 aliphatic rings. The van der Waals surface area contributed by atoms with Crippen molar-refractivity contribution >= 4 is 74.0 Å². The summed E-state index contributed by atoms with van der Waals surface area (Å²) in [6.45, 7) is 19.3. The number of hydrogen-bond donors (Lipinski definition) is 0. The minimum Gasteiger partial charge on any atom is -1.00 e. The molecular formula is C44H53Br2ClN4O4Si. The molecule has 0 N–H and O–H groups in total. The van der Waals surface area contributed by atoms with Gasteiger partial charge in [-0.1, -0.05) is 63.2 Å². The fraction of sp³-hybridized carbons (Fsp3) is 0.432. The van der Waals surface area contributed by atoms with E-state index in [1.54, 1.807) is 10.4 Å². The van der Waals surface area contributed by atoms with Crippen molar-refractivity contribution in [3.8, 4) is 0 Å². The molecule has 0 radical (unpaired) electrons. The van der Waals surface area contributed by atoms with Gasteiger partial charge in [-0.05, 0) is 87.6 Å². The van der Waals surface area contributed by atoms with Gasteiger partial charge in [0.1, 0.15) is 21.3 Å². The van der Waals surface area contributed by atoms with Crippen LogP contribution in [0, 0.1) is 0 Å². The van der Waals surface area contributed by atoms with Gasteiger partial charge in [-0.25, -0.2) is 4.58 Å². The summed E-state index contributed by atoms with van der Waals surface area (Å²) >= 11 is 7.56. The highest BCUT2D eigenvalue weighted by Gasteiger charge is 2.37. The Hall–Kier alpha value is -2.74. The molecule has 56 heavy (non-hydrogen) atoms. The quantitative estimate of drug-likeness (QED) is 0.285. The number of morpholine rings is 4. The Balaban J connectivity index is 0.000000169. The monoisotopic (exact) mass is 922 g/mol. The fourth-order valence-corrected chi connectivity index (χ4v) is 12.4. The Morgan fingerprint density at radius 1 is 0.589 bits per heavy atom. The predicted molar refractivity (Wildman–Crippen MR) is 235 cm³/mol. The van der Waals surface area contributed by atoms with Crippen LogP contribution < -0.4 is 32.3 Å². The summed E-state index contributed by atoms with van der Waals surface area (Å²) in [5.41, 5.74) is 10.6. The molecule has 4 fully saturated rings. The van der Waals surface area contributed by atoms with E-state index in [9.17, 15) is 0 Å². The van der Waals surface area contributed by atoms with Gasteiger partial charge in [0.25, 0.3) is 0 Å². The van der Waals surface area contributed by atoms with Gasteiger partial charge in [0.2, 0.25) is 0 Å². The van der Waals surface area contributed by atoms with Crippen molar-refractivity contribution in [3.63, 3.8) is 0 Å². The first-order chi connectivity index (χ1) is 26.8. The third-order valence-corrected chi connectivity index (χ3v) is 16.7. The summed E-state index contributed by atoms with van der Waals surface area (Å²) in [5, 5.41) is 3.12. The third-order valence-electron chi connectivity index (χ3n) is 11.7. The Morgan fingerprint density at radius 3 is 1.55 bits per heavy atom. The van der Waals surface area contributed by atoms with E-state index in [1.165, 1.54) is 45.0 Å². The van der Waals surface area contributed by atoms with Crippen molar-refractivity contribution in [2.24, 2.45) is 0 Å². The number of rotatable bonds is 5. The maximum Gasteiger partial charge on any atom is 0.199 e. The van der Waals surface area contributed by atoms with E-state index in [4.69, 9.17) is 18.9 Å². The number of benzene rings is 3. The van der Waals surface area contributed by atoms with Crippen LogP contribution in [-0.4, -0.2) is 124 Å². The van der Waals surface area contributed by atoms with Gasteiger partial charge in [-0.2, -0.15) is 0 Å². The molecule has 1 aliphatic carbocycles. The SMILES string of the molecule is Brc1cc(N2CCOCC2)ccc1Cc1ccc(N2CCOCC2)cc1Br.C[Si]1(C)C2=CC(=[N+]3CCOCC3)C=CC2=Cc2ccc(N3CCOCC3)cc21.[Cl-]. The summed E-state index contributed by atoms with van der Waals surface area (Å²) in [6.07, 6.45) is 10.4. The number of anilines is 3. The Labute approximate surface area is 356 Å². The van der Waals surface area contributed by atoms with Crippen LogP contribution >= 0.6 is 31.9 Å². The molecule has 4 saturated heterocycles. The molecule has 0 aromatic heterocycles. The van der Waals surface area contributed by atoms with Gasteiger partial charge >= 0.3 is 0 Å². The van der Waals surface area contributed by atoms with E-state index in [0.29, 0.717) is 0 Å². The zero-order valence-corrected chi connectivity index (χ0v) is 37.5. The highest BCUT2D eigenvalue weighted by molar-refractivity contribution is 9.10. The maximum absolute atomic E-state index is 5.54. The molecule has 0 amide bonds. The van der Waals surface area contributed by atoms with Gasteiger partial charge in [-0.15, -0.1) is 0 Å². The molecule has 298 valence electrons. The average molecular weight is 925 g/mol. The second kappa shape index (κ2) is 18.9. The lowest BCUT2D eigenvalue weighted by molar-refractivity contribution is -0.547. The lowest BCUT2D eigenvalue weighted by Gasteiger charge is -2.36. The molecule has 8 nitrogen and oxygen atoms in total. The highest BCUT2D eigenvalue weighted by Crippen LogP contribution is 2.35. The summed E-state index contributed by atoms with van der Waals surface area (Å²) in [4.78, 5) is 7.23. The van der Waals surface area contributed by atoms with Crippen LogP contribution in [0.3, 0.4) is 0 Å². The van der Waals surface area contributed by atoms with Crippen molar-refractivity contribution in [3.05, 3.63) is 109 Å². The second-order valence-corrected chi connectivity index (χ2v) is 21.5. The molecule has 3 aromatic rings. The molecule has 9 rings (SSSR count). The first kappa shape index (κ1) is 41.4.